The van der Waals surface area contributed by atoms with Gasteiger partial charge in [-0.05, 0) is 38.1 Å². The van der Waals surface area contributed by atoms with Crippen LogP contribution in [0.15, 0.2) is 30.5 Å². The van der Waals surface area contributed by atoms with Gasteiger partial charge in [-0.1, -0.05) is 52.8 Å². The van der Waals surface area contributed by atoms with Crippen LogP contribution in [-0.4, -0.2) is 41.6 Å². The highest BCUT2D eigenvalue weighted by Crippen LogP contribution is 2.36. The monoisotopic (exact) mass is 357 g/mol. The molecule has 0 bridgehead atoms. The Morgan fingerprint density at radius 1 is 1.12 bits per heavy atom. The number of nitrogens with zero attached hydrogens (tertiary/aromatic N) is 2. The number of likely N-dealkylation sites (N-methyl/N-ethyl adjacent to an activating group) is 1. The second-order valence-corrected chi connectivity index (χ2v) is 9.35. The summed E-state index contributed by atoms with van der Waals surface area (Å²) in [5.41, 5.74) is 2.08. The summed E-state index contributed by atoms with van der Waals surface area (Å²) in [7, 11) is 6.03. The molecule has 2 rings (SSSR count). The third kappa shape index (κ3) is 3.80. The lowest BCUT2D eigenvalue weighted by Crippen LogP contribution is -2.56. The maximum absolute atomic E-state index is 13.2. The van der Waals surface area contributed by atoms with Crippen LogP contribution in [-0.2, 0) is 17.3 Å². The molecule has 1 heterocycles. The van der Waals surface area contributed by atoms with Gasteiger partial charge in [0, 0.05) is 35.6 Å². The van der Waals surface area contributed by atoms with Crippen LogP contribution in [0.5, 0.6) is 0 Å². The Balaban J connectivity index is 2.46. The molecule has 1 aromatic carbocycles. The molecule has 0 fully saturated rings. The topological polar surface area (TPSA) is 37.3 Å². The number of rotatable bonds is 5. The van der Waals surface area contributed by atoms with Crippen LogP contribution in [0.1, 0.15) is 47.1 Å². The zero-order chi connectivity index (χ0) is 19.9. The molecule has 0 radical (unpaired) electrons. The van der Waals surface area contributed by atoms with Gasteiger partial charge in [0.2, 0.25) is 5.91 Å². The van der Waals surface area contributed by atoms with Gasteiger partial charge in [-0.2, -0.15) is 0 Å². The van der Waals surface area contributed by atoms with Gasteiger partial charge >= 0.3 is 0 Å². The van der Waals surface area contributed by atoms with Gasteiger partial charge in [0.15, 0.2) is 0 Å². The minimum absolute atomic E-state index is 0.0239. The number of nitrogens with one attached hydrogen (secondary N) is 1. The number of hydrogen-bond donors (Lipinski definition) is 1. The van der Waals surface area contributed by atoms with Gasteiger partial charge in [0.05, 0.1) is 6.04 Å². The Kier molecular flexibility index (Phi) is 5.57. The molecule has 144 valence electrons. The van der Waals surface area contributed by atoms with Crippen molar-refractivity contribution in [2.24, 2.45) is 12.5 Å². The second kappa shape index (κ2) is 7.07. The van der Waals surface area contributed by atoms with E-state index in [0.717, 1.165) is 0 Å². The highest BCUT2D eigenvalue weighted by atomic mass is 16.2. The number of carbonyl (C=O) groups excluding carboxylic acids is 1. The van der Waals surface area contributed by atoms with E-state index in [9.17, 15) is 4.79 Å². The summed E-state index contributed by atoms with van der Waals surface area (Å²) in [6, 6.07) is 8.23. The number of amides is 1. The zero-order valence-corrected chi connectivity index (χ0v) is 17.8. The van der Waals surface area contributed by atoms with Crippen molar-refractivity contribution in [1.29, 1.82) is 0 Å². The zero-order valence-electron chi connectivity index (χ0n) is 17.8. The number of benzene rings is 1. The molecule has 2 unspecified atom stereocenters. The van der Waals surface area contributed by atoms with E-state index < -0.39 is 0 Å². The predicted octanol–water partition coefficient (Wildman–Crippen LogP) is 3.94. The van der Waals surface area contributed by atoms with E-state index in [1.54, 1.807) is 0 Å². The van der Waals surface area contributed by atoms with Crippen LogP contribution < -0.4 is 5.32 Å². The van der Waals surface area contributed by atoms with Crippen molar-refractivity contribution in [2.75, 3.05) is 14.1 Å². The van der Waals surface area contributed by atoms with Gasteiger partial charge < -0.3 is 9.88 Å². The smallest absolute Gasteiger partial charge is 0.238 e. The number of hydrogen-bond acceptors (Lipinski definition) is 2. The van der Waals surface area contributed by atoms with Gasteiger partial charge in [0.1, 0.15) is 0 Å². The molecule has 0 aliphatic rings. The molecule has 2 atom stereocenters. The first kappa shape index (κ1) is 20.5. The van der Waals surface area contributed by atoms with Crippen molar-refractivity contribution < 1.29 is 4.79 Å². The van der Waals surface area contributed by atoms with Crippen molar-refractivity contribution in [2.45, 2.75) is 59.0 Å². The van der Waals surface area contributed by atoms with E-state index in [1.807, 2.05) is 19.0 Å². The minimum Gasteiger partial charge on any atom is -0.352 e. The largest absolute Gasteiger partial charge is 0.352 e. The molecule has 0 aliphatic carbocycles. The molecule has 0 aliphatic heterocycles. The quantitative estimate of drug-likeness (QED) is 0.880. The number of fused-ring (bicyclic) bond motifs is 1. The molecule has 1 N–H and O–H groups in total. The molecule has 0 spiro atoms. The van der Waals surface area contributed by atoms with Crippen molar-refractivity contribution in [1.82, 2.24) is 14.8 Å². The molecule has 0 saturated carbocycles. The second-order valence-electron chi connectivity index (χ2n) is 9.35. The van der Waals surface area contributed by atoms with Crippen molar-refractivity contribution in [3.8, 4) is 0 Å². The summed E-state index contributed by atoms with van der Waals surface area (Å²) >= 11 is 0. The van der Waals surface area contributed by atoms with E-state index in [1.165, 1.54) is 16.5 Å². The highest BCUT2D eigenvalue weighted by Gasteiger charge is 2.41. The van der Waals surface area contributed by atoms with Crippen molar-refractivity contribution in [3.05, 3.63) is 36.0 Å². The molecule has 2 aromatic rings. The van der Waals surface area contributed by atoms with Crippen molar-refractivity contribution in [3.63, 3.8) is 0 Å². The fraction of sp³-hybridized carbons (Fsp3) is 0.591. The lowest BCUT2D eigenvalue weighted by molar-refractivity contribution is -0.129. The first-order chi connectivity index (χ1) is 11.9. The predicted molar refractivity (Wildman–Crippen MR) is 110 cm³/mol. The molecule has 4 heteroatoms. The summed E-state index contributed by atoms with van der Waals surface area (Å²) in [4.78, 5) is 15.3. The van der Waals surface area contributed by atoms with Crippen LogP contribution in [0, 0.1) is 5.41 Å². The summed E-state index contributed by atoms with van der Waals surface area (Å²) in [5, 5.41) is 4.46. The maximum atomic E-state index is 13.2. The lowest BCUT2D eigenvalue weighted by atomic mass is 9.76. The average Bonchev–Trinajstić information content (AvgIpc) is 2.84. The molecular formula is C22H35N3O. The van der Waals surface area contributed by atoms with Crippen LogP contribution in [0.2, 0.25) is 0 Å². The highest BCUT2D eigenvalue weighted by molar-refractivity contribution is 5.89. The number of aryl methyl sites for hydroxylation is 1. The molecule has 1 aromatic heterocycles. The summed E-state index contributed by atoms with van der Waals surface area (Å²) < 4.78 is 2.15. The summed E-state index contributed by atoms with van der Waals surface area (Å²) in [6.45, 7) is 12.9. The molecule has 0 saturated heterocycles. The van der Waals surface area contributed by atoms with Crippen molar-refractivity contribution >= 4 is 16.8 Å². The summed E-state index contributed by atoms with van der Waals surface area (Å²) in [6.07, 6.45) is 2.17. The van der Waals surface area contributed by atoms with Gasteiger partial charge in [-0.15, -0.1) is 0 Å². The SMILES string of the molecule is CC(NC(=O)C(N(C)C)C(C)(C)c1cn(C)c2ccccc12)C(C)(C)C. The summed E-state index contributed by atoms with van der Waals surface area (Å²) in [5.74, 6) is 0.0790. The van der Waals surface area contributed by atoms with E-state index in [2.05, 4.69) is 88.9 Å². The normalized spacial score (nSPS) is 15.3. The minimum atomic E-state index is -0.341. The Hall–Kier alpha value is -1.81. The Labute approximate surface area is 158 Å². The van der Waals surface area contributed by atoms with Gasteiger partial charge in [0.25, 0.3) is 0 Å². The maximum Gasteiger partial charge on any atom is 0.238 e. The third-order valence-corrected chi connectivity index (χ3v) is 5.70. The Morgan fingerprint density at radius 2 is 1.69 bits per heavy atom. The number of carbonyl (C=O) groups is 1. The van der Waals surface area contributed by atoms with Crippen LogP contribution >= 0.6 is 0 Å². The average molecular weight is 358 g/mol. The number of aromatic nitrogens is 1. The fourth-order valence-corrected chi connectivity index (χ4v) is 3.72. The van der Waals surface area contributed by atoms with E-state index >= 15 is 0 Å². The van der Waals surface area contributed by atoms with Crippen LogP contribution in [0.4, 0.5) is 0 Å². The molecule has 4 nitrogen and oxygen atoms in total. The van der Waals surface area contributed by atoms with Crippen LogP contribution in [0.3, 0.4) is 0 Å². The fourth-order valence-electron chi connectivity index (χ4n) is 3.72. The Morgan fingerprint density at radius 3 is 2.23 bits per heavy atom. The van der Waals surface area contributed by atoms with Gasteiger partial charge in [-0.25, -0.2) is 0 Å². The van der Waals surface area contributed by atoms with E-state index in [4.69, 9.17) is 0 Å². The standard InChI is InChI=1S/C22H35N3O/c1-15(21(2,3)4)23-20(26)19(24(7)8)22(5,6)17-14-25(9)18-13-11-10-12-16(17)18/h10-15,19H,1-9H3,(H,23,26). The first-order valence-electron chi connectivity index (χ1n) is 9.38. The van der Waals surface area contributed by atoms with E-state index in [0.29, 0.717) is 0 Å². The first-order valence-corrected chi connectivity index (χ1v) is 9.38. The molecule has 1 amide bonds. The van der Waals surface area contributed by atoms with E-state index in [-0.39, 0.29) is 28.8 Å². The van der Waals surface area contributed by atoms with Crippen LogP contribution in [0.25, 0.3) is 10.9 Å². The third-order valence-electron chi connectivity index (χ3n) is 5.70. The lowest BCUT2D eigenvalue weighted by Gasteiger charge is -2.39. The molecule has 26 heavy (non-hydrogen) atoms. The van der Waals surface area contributed by atoms with Gasteiger partial charge in [-0.3, -0.25) is 9.69 Å². The Bertz CT molecular complexity index is 780. The number of para-hydroxylation sites is 1. The molecular weight excluding hydrogens is 322 g/mol.